The van der Waals surface area contributed by atoms with Crippen LogP contribution in [-0.2, 0) is 19.4 Å². The van der Waals surface area contributed by atoms with Gasteiger partial charge in [0.2, 0.25) is 0 Å². The monoisotopic (exact) mass is 436 g/mol. The summed E-state index contributed by atoms with van der Waals surface area (Å²) in [5, 5.41) is 12.6. The van der Waals surface area contributed by atoms with E-state index in [1.807, 2.05) is 17.7 Å². The number of hydrogen-bond acceptors (Lipinski definition) is 6. The van der Waals surface area contributed by atoms with Crippen LogP contribution >= 0.6 is 23.1 Å². The van der Waals surface area contributed by atoms with Gasteiger partial charge < -0.3 is 9.30 Å². The minimum absolute atomic E-state index is 0.390. The second-order valence-electron chi connectivity index (χ2n) is 7.29. The molecule has 2 heterocycles. The summed E-state index contributed by atoms with van der Waals surface area (Å²) in [6.07, 6.45) is 0. The van der Waals surface area contributed by atoms with Crippen molar-refractivity contribution in [2.45, 2.75) is 38.3 Å². The van der Waals surface area contributed by atoms with Crippen LogP contribution in [0, 0.1) is 20.8 Å². The second-order valence-corrected chi connectivity index (χ2v) is 9.09. The van der Waals surface area contributed by atoms with Crippen molar-refractivity contribution in [1.29, 1.82) is 0 Å². The van der Waals surface area contributed by atoms with E-state index in [1.165, 1.54) is 16.7 Å². The number of nitrogens with zero attached hydrogens (tertiary/aromatic N) is 4. The van der Waals surface area contributed by atoms with E-state index in [-0.39, 0.29) is 0 Å². The molecule has 0 saturated heterocycles. The zero-order chi connectivity index (χ0) is 21.1. The van der Waals surface area contributed by atoms with Gasteiger partial charge in [-0.1, -0.05) is 47.7 Å². The van der Waals surface area contributed by atoms with Gasteiger partial charge in [-0.25, -0.2) is 4.98 Å². The van der Waals surface area contributed by atoms with Crippen molar-refractivity contribution < 1.29 is 4.74 Å². The van der Waals surface area contributed by atoms with Crippen LogP contribution < -0.4 is 4.74 Å². The van der Waals surface area contributed by atoms with Crippen LogP contribution in [0.1, 0.15) is 28.2 Å². The maximum absolute atomic E-state index is 5.90. The average molecular weight is 437 g/mol. The van der Waals surface area contributed by atoms with Crippen LogP contribution in [0.2, 0.25) is 0 Å². The third kappa shape index (κ3) is 4.74. The van der Waals surface area contributed by atoms with Crippen molar-refractivity contribution >= 4 is 23.1 Å². The molecule has 2 aromatic heterocycles. The lowest BCUT2D eigenvalue weighted by atomic mass is 10.1. The second kappa shape index (κ2) is 9.02. The van der Waals surface area contributed by atoms with Gasteiger partial charge >= 0.3 is 0 Å². The molecule has 0 bridgehead atoms. The summed E-state index contributed by atoms with van der Waals surface area (Å²) in [6, 6.07) is 14.6. The van der Waals surface area contributed by atoms with Crippen LogP contribution in [-0.4, -0.2) is 19.7 Å². The van der Waals surface area contributed by atoms with E-state index in [0.717, 1.165) is 38.7 Å². The molecule has 5 nitrogen and oxygen atoms in total. The number of benzene rings is 2. The van der Waals surface area contributed by atoms with Crippen molar-refractivity contribution in [3.05, 3.63) is 76.1 Å². The van der Waals surface area contributed by atoms with Crippen molar-refractivity contribution in [3.8, 4) is 16.3 Å². The lowest BCUT2D eigenvalue weighted by Crippen LogP contribution is -2.04. The molecule has 0 unspecified atom stereocenters. The topological polar surface area (TPSA) is 52.8 Å². The lowest BCUT2D eigenvalue weighted by Gasteiger charge is -2.08. The van der Waals surface area contributed by atoms with E-state index >= 15 is 0 Å². The van der Waals surface area contributed by atoms with Gasteiger partial charge in [-0.2, -0.15) is 0 Å². The summed E-state index contributed by atoms with van der Waals surface area (Å²) < 4.78 is 7.89. The highest BCUT2D eigenvalue weighted by molar-refractivity contribution is 7.98. The summed E-state index contributed by atoms with van der Waals surface area (Å²) in [7, 11) is 1.97. The Hall–Kier alpha value is -2.64. The van der Waals surface area contributed by atoms with Gasteiger partial charge in [0.25, 0.3) is 0 Å². The molecular weight excluding hydrogens is 412 g/mol. The van der Waals surface area contributed by atoms with E-state index in [4.69, 9.17) is 9.72 Å². The summed E-state index contributed by atoms with van der Waals surface area (Å²) in [5.74, 6) is 2.41. The molecule has 0 aliphatic rings. The molecular formula is C23H24N4OS2. The first-order valence-corrected chi connectivity index (χ1v) is 11.6. The molecule has 4 rings (SSSR count). The number of hydrogen-bond donors (Lipinski definition) is 0. The Morgan fingerprint density at radius 2 is 1.80 bits per heavy atom. The first-order valence-electron chi connectivity index (χ1n) is 9.72. The zero-order valence-corrected chi connectivity index (χ0v) is 19.2. The Morgan fingerprint density at radius 1 is 1.00 bits per heavy atom. The van der Waals surface area contributed by atoms with Gasteiger partial charge in [-0.3, -0.25) is 0 Å². The fourth-order valence-electron chi connectivity index (χ4n) is 2.89. The van der Waals surface area contributed by atoms with Crippen LogP contribution in [0.5, 0.6) is 5.75 Å². The van der Waals surface area contributed by atoms with E-state index in [9.17, 15) is 0 Å². The zero-order valence-electron chi connectivity index (χ0n) is 17.5. The highest BCUT2D eigenvalue weighted by Crippen LogP contribution is 2.28. The lowest BCUT2D eigenvalue weighted by molar-refractivity contribution is 0.290. The Labute approximate surface area is 185 Å². The number of thioether (sulfide) groups is 1. The molecule has 0 spiro atoms. The number of thiazole rings is 1. The van der Waals surface area contributed by atoms with Crippen molar-refractivity contribution in [2.24, 2.45) is 7.05 Å². The van der Waals surface area contributed by atoms with Crippen LogP contribution in [0.25, 0.3) is 10.6 Å². The average Bonchev–Trinajstić information content (AvgIpc) is 3.35. The third-order valence-electron chi connectivity index (χ3n) is 4.97. The molecule has 0 fully saturated rings. The van der Waals surface area contributed by atoms with Gasteiger partial charge in [-0.05, 0) is 44.0 Å². The van der Waals surface area contributed by atoms with Gasteiger partial charge in [0.05, 0.1) is 5.69 Å². The van der Waals surface area contributed by atoms with Crippen molar-refractivity contribution in [2.75, 3.05) is 0 Å². The quantitative estimate of drug-likeness (QED) is 0.346. The highest BCUT2D eigenvalue weighted by atomic mass is 32.2. The minimum Gasteiger partial charge on any atom is -0.486 e. The maximum Gasteiger partial charge on any atom is 0.191 e. The molecule has 2 aromatic carbocycles. The predicted molar refractivity (Wildman–Crippen MR) is 123 cm³/mol. The molecule has 0 atom stereocenters. The van der Waals surface area contributed by atoms with Crippen LogP contribution in [0.3, 0.4) is 0 Å². The van der Waals surface area contributed by atoms with Gasteiger partial charge in [0, 0.05) is 23.7 Å². The molecule has 0 aliphatic heterocycles. The molecule has 0 N–H and O–H groups in total. The fraction of sp³-hybridized carbons (Fsp3) is 0.261. The predicted octanol–water partition coefficient (Wildman–Crippen LogP) is 5.74. The number of aryl methyl sites for hydroxylation is 3. The summed E-state index contributed by atoms with van der Waals surface area (Å²) in [4.78, 5) is 4.77. The standard InChI is InChI=1S/C23H24N4OS2/c1-15-5-8-18(9-6-15)22-24-19(13-29-22)14-30-23-26-25-21(27(23)4)12-28-20-10-7-16(2)17(3)11-20/h5-11,13H,12,14H2,1-4H3. The smallest absolute Gasteiger partial charge is 0.191 e. The van der Waals surface area contributed by atoms with Crippen LogP contribution in [0.4, 0.5) is 0 Å². The Balaban J connectivity index is 1.36. The first-order chi connectivity index (χ1) is 14.5. The largest absolute Gasteiger partial charge is 0.486 e. The first kappa shape index (κ1) is 20.6. The highest BCUT2D eigenvalue weighted by Gasteiger charge is 2.12. The number of ether oxygens (including phenoxy) is 1. The minimum atomic E-state index is 0.390. The number of aromatic nitrogens is 4. The molecule has 0 amide bonds. The summed E-state index contributed by atoms with van der Waals surface area (Å²) in [5.41, 5.74) is 5.94. The van der Waals surface area contributed by atoms with Crippen molar-refractivity contribution in [1.82, 2.24) is 19.7 Å². The molecule has 154 valence electrons. The summed E-state index contributed by atoms with van der Waals surface area (Å²) in [6.45, 7) is 6.66. The molecule has 0 saturated carbocycles. The van der Waals surface area contributed by atoms with E-state index in [2.05, 4.69) is 72.7 Å². The molecule has 0 aliphatic carbocycles. The maximum atomic E-state index is 5.90. The Bertz CT molecular complexity index is 1150. The summed E-state index contributed by atoms with van der Waals surface area (Å²) >= 11 is 3.31. The van der Waals surface area contributed by atoms with Gasteiger partial charge in [0.1, 0.15) is 17.4 Å². The van der Waals surface area contributed by atoms with Gasteiger partial charge in [-0.15, -0.1) is 21.5 Å². The third-order valence-corrected chi connectivity index (χ3v) is 6.96. The fourth-order valence-corrected chi connectivity index (χ4v) is 4.64. The molecule has 0 radical (unpaired) electrons. The van der Waals surface area contributed by atoms with E-state index in [0.29, 0.717) is 6.61 Å². The van der Waals surface area contributed by atoms with Gasteiger partial charge in [0.15, 0.2) is 11.0 Å². The Morgan fingerprint density at radius 3 is 2.57 bits per heavy atom. The molecule has 4 aromatic rings. The molecule has 7 heteroatoms. The van der Waals surface area contributed by atoms with E-state index in [1.54, 1.807) is 23.1 Å². The van der Waals surface area contributed by atoms with E-state index < -0.39 is 0 Å². The normalized spacial score (nSPS) is 11.1. The molecule has 30 heavy (non-hydrogen) atoms. The SMILES string of the molecule is Cc1ccc(-c2nc(CSc3nnc(COc4ccc(C)c(C)c4)n3C)cs2)cc1. The Kier molecular flexibility index (Phi) is 6.20. The van der Waals surface area contributed by atoms with Crippen LogP contribution in [0.15, 0.2) is 53.0 Å². The van der Waals surface area contributed by atoms with Crippen molar-refractivity contribution in [3.63, 3.8) is 0 Å². The number of rotatable bonds is 7.